The third kappa shape index (κ3) is 5.38. The van der Waals surface area contributed by atoms with E-state index >= 15 is 0 Å². The highest BCUT2D eigenvalue weighted by Gasteiger charge is 2.33. The summed E-state index contributed by atoms with van der Waals surface area (Å²) in [6.07, 6.45) is -1.34. The van der Waals surface area contributed by atoms with Crippen LogP contribution in [0.2, 0.25) is 0 Å². The largest absolute Gasteiger partial charge is 0.418 e. The van der Waals surface area contributed by atoms with Gasteiger partial charge in [0, 0.05) is 18.0 Å². The number of alkyl halides is 3. The molecule has 29 heavy (non-hydrogen) atoms. The van der Waals surface area contributed by atoms with Gasteiger partial charge in [0.15, 0.2) is 0 Å². The minimum atomic E-state index is -4.55. The summed E-state index contributed by atoms with van der Waals surface area (Å²) in [5.74, 6) is 0.0810. The smallest absolute Gasteiger partial charge is 0.338 e. The number of likely N-dealkylation sites (N-methyl/N-ethyl adjacent to an activating group) is 1. The Bertz CT molecular complexity index is 960. The molecule has 1 N–H and O–H groups in total. The number of carbonyl (C=O) groups excluding carboxylic acids is 1. The van der Waals surface area contributed by atoms with E-state index in [4.69, 9.17) is 4.52 Å². The summed E-state index contributed by atoms with van der Waals surface area (Å²) in [6, 6.07) is 8.37. The molecular formula is C19H18F3N5O2. The third-order valence-electron chi connectivity index (χ3n) is 4.07. The average Bonchev–Trinajstić information content (AvgIpc) is 3.16. The standard InChI is InChI=1S/C19H18F3N5O2/c1-2-27(12-17-25-18(26-29-17)13-6-5-9-23-10-13)11-16(28)24-15-8-4-3-7-14(15)19(20,21)22/h3-10H,2,11-12H2,1H3,(H,24,28). The number of aromatic nitrogens is 3. The van der Waals surface area contributed by atoms with Crippen molar-refractivity contribution in [2.75, 3.05) is 18.4 Å². The Labute approximate surface area is 164 Å². The Morgan fingerprint density at radius 2 is 2.00 bits per heavy atom. The molecule has 1 aromatic carbocycles. The van der Waals surface area contributed by atoms with Crippen LogP contribution in [0.15, 0.2) is 53.3 Å². The molecule has 0 atom stereocenters. The number of anilines is 1. The first-order valence-electron chi connectivity index (χ1n) is 8.78. The van der Waals surface area contributed by atoms with Gasteiger partial charge in [-0.3, -0.25) is 14.7 Å². The highest BCUT2D eigenvalue weighted by molar-refractivity contribution is 5.93. The number of hydrogen-bond donors (Lipinski definition) is 1. The van der Waals surface area contributed by atoms with Gasteiger partial charge in [-0.2, -0.15) is 18.2 Å². The van der Waals surface area contributed by atoms with Crippen LogP contribution in [0.4, 0.5) is 18.9 Å². The maximum atomic E-state index is 13.1. The van der Waals surface area contributed by atoms with E-state index in [1.54, 1.807) is 29.4 Å². The minimum Gasteiger partial charge on any atom is -0.338 e. The predicted molar refractivity (Wildman–Crippen MR) is 98.6 cm³/mol. The van der Waals surface area contributed by atoms with Gasteiger partial charge in [-0.25, -0.2) is 0 Å². The zero-order valence-electron chi connectivity index (χ0n) is 15.5. The SMILES string of the molecule is CCN(CC(=O)Nc1ccccc1C(F)(F)F)Cc1nc(-c2cccnc2)no1. The maximum absolute atomic E-state index is 13.1. The second kappa shape index (κ2) is 8.82. The van der Waals surface area contributed by atoms with Gasteiger partial charge >= 0.3 is 6.18 Å². The molecule has 0 aliphatic carbocycles. The molecule has 3 aromatic rings. The molecule has 10 heteroatoms. The van der Waals surface area contributed by atoms with E-state index in [1.807, 2.05) is 6.92 Å². The van der Waals surface area contributed by atoms with Gasteiger partial charge in [-0.05, 0) is 30.8 Å². The second-order valence-electron chi connectivity index (χ2n) is 6.15. The molecule has 0 unspecified atom stereocenters. The van der Waals surface area contributed by atoms with Crippen molar-refractivity contribution >= 4 is 11.6 Å². The van der Waals surface area contributed by atoms with Crippen LogP contribution in [0, 0.1) is 0 Å². The summed E-state index contributed by atoms with van der Waals surface area (Å²) in [4.78, 5) is 22.2. The Balaban J connectivity index is 1.64. The molecule has 7 nitrogen and oxygen atoms in total. The molecule has 0 saturated heterocycles. The van der Waals surface area contributed by atoms with Crippen LogP contribution in [0.1, 0.15) is 18.4 Å². The molecule has 0 aliphatic heterocycles. The molecule has 0 radical (unpaired) electrons. The van der Waals surface area contributed by atoms with Crippen LogP contribution >= 0.6 is 0 Å². The molecule has 2 aromatic heterocycles. The van der Waals surface area contributed by atoms with Crippen molar-refractivity contribution < 1.29 is 22.5 Å². The van der Waals surface area contributed by atoms with Crippen molar-refractivity contribution in [3.63, 3.8) is 0 Å². The van der Waals surface area contributed by atoms with Crippen molar-refractivity contribution in [2.24, 2.45) is 0 Å². The molecular weight excluding hydrogens is 387 g/mol. The maximum Gasteiger partial charge on any atom is 0.418 e. The Morgan fingerprint density at radius 3 is 2.69 bits per heavy atom. The lowest BCUT2D eigenvalue weighted by atomic mass is 10.1. The molecule has 1 amide bonds. The number of benzene rings is 1. The zero-order chi connectivity index (χ0) is 20.9. The van der Waals surface area contributed by atoms with E-state index in [9.17, 15) is 18.0 Å². The molecule has 152 valence electrons. The number of hydrogen-bond acceptors (Lipinski definition) is 6. The fourth-order valence-corrected chi connectivity index (χ4v) is 2.63. The van der Waals surface area contributed by atoms with Gasteiger partial charge in [0.1, 0.15) is 0 Å². The fourth-order valence-electron chi connectivity index (χ4n) is 2.63. The molecule has 2 heterocycles. The van der Waals surface area contributed by atoms with Crippen LogP contribution in [-0.4, -0.2) is 39.0 Å². The van der Waals surface area contributed by atoms with Crippen molar-refractivity contribution in [1.82, 2.24) is 20.0 Å². The molecule has 0 saturated carbocycles. The van der Waals surface area contributed by atoms with Crippen molar-refractivity contribution in [3.8, 4) is 11.4 Å². The van der Waals surface area contributed by atoms with E-state index in [1.165, 1.54) is 18.2 Å². The molecule has 0 spiro atoms. The molecule has 0 bridgehead atoms. The van der Waals surface area contributed by atoms with Crippen LogP contribution < -0.4 is 5.32 Å². The Kier molecular flexibility index (Phi) is 6.23. The lowest BCUT2D eigenvalue weighted by Crippen LogP contribution is -2.33. The summed E-state index contributed by atoms with van der Waals surface area (Å²) in [6.45, 7) is 2.32. The van der Waals surface area contributed by atoms with Crippen molar-refractivity contribution in [3.05, 3.63) is 60.2 Å². The lowest BCUT2D eigenvalue weighted by molar-refractivity contribution is -0.137. The third-order valence-corrected chi connectivity index (χ3v) is 4.07. The molecule has 3 rings (SSSR count). The van der Waals surface area contributed by atoms with E-state index < -0.39 is 17.6 Å². The van der Waals surface area contributed by atoms with E-state index in [0.29, 0.717) is 17.9 Å². The quantitative estimate of drug-likeness (QED) is 0.647. The van der Waals surface area contributed by atoms with Crippen LogP contribution in [0.25, 0.3) is 11.4 Å². The number of para-hydroxylation sites is 1. The normalized spacial score (nSPS) is 11.6. The number of nitrogens with one attached hydrogen (secondary N) is 1. The van der Waals surface area contributed by atoms with Crippen LogP contribution in [-0.2, 0) is 17.5 Å². The molecule has 0 fully saturated rings. The number of halogens is 3. The first-order chi connectivity index (χ1) is 13.9. The first kappa shape index (κ1) is 20.5. The summed E-state index contributed by atoms with van der Waals surface area (Å²) >= 11 is 0. The zero-order valence-corrected chi connectivity index (χ0v) is 15.5. The first-order valence-corrected chi connectivity index (χ1v) is 8.78. The monoisotopic (exact) mass is 405 g/mol. The van der Waals surface area contributed by atoms with Gasteiger partial charge in [0.25, 0.3) is 0 Å². The van der Waals surface area contributed by atoms with E-state index in [2.05, 4.69) is 20.4 Å². The van der Waals surface area contributed by atoms with Gasteiger partial charge in [0.05, 0.1) is 24.3 Å². The van der Waals surface area contributed by atoms with Gasteiger partial charge in [-0.15, -0.1) is 0 Å². The van der Waals surface area contributed by atoms with E-state index in [-0.39, 0.29) is 24.7 Å². The van der Waals surface area contributed by atoms with Gasteiger partial charge in [0.2, 0.25) is 17.6 Å². The fraction of sp³-hybridized carbons (Fsp3) is 0.263. The number of amides is 1. The van der Waals surface area contributed by atoms with Gasteiger partial charge < -0.3 is 9.84 Å². The molecule has 0 aliphatic rings. The average molecular weight is 405 g/mol. The number of pyridine rings is 1. The lowest BCUT2D eigenvalue weighted by Gasteiger charge is -2.19. The Morgan fingerprint density at radius 1 is 1.21 bits per heavy atom. The topological polar surface area (TPSA) is 84.2 Å². The number of rotatable bonds is 7. The van der Waals surface area contributed by atoms with Crippen molar-refractivity contribution in [1.29, 1.82) is 0 Å². The number of nitrogens with zero attached hydrogens (tertiary/aromatic N) is 4. The summed E-state index contributed by atoms with van der Waals surface area (Å²) in [5.41, 5.74) is -0.487. The predicted octanol–water partition coefficient (Wildman–Crippen LogP) is 3.61. The second-order valence-corrected chi connectivity index (χ2v) is 6.15. The minimum absolute atomic E-state index is 0.132. The highest BCUT2D eigenvalue weighted by atomic mass is 19.4. The van der Waals surface area contributed by atoms with Crippen LogP contribution in [0.3, 0.4) is 0 Å². The van der Waals surface area contributed by atoms with Crippen LogP contribution in [0.5, 0.6) is 0 Å². The van der Waals surface area contributed by atoms with E-state index in [0.717, 1.165) is 6.07 Å². The summed E-state index contributed by atoms with van der Waals surface area (Å²) in [5, 5.41) is 6.20. The number of carbonyl (C=O) groups is 1. The Hall–Kier alpha value is -3.27. The van der Waals surface area contributed by atoms with Crippen molar-refractivity contribution in [2.45, 2.75) is 19.6 Å². The summed E-state index contributed by atoms with van der Waals surface area (Å²) < 4.78 is 44.4. The highest BCUT2D eigenvalue weighted by Crippen LogP contribution is 2.34. The summed E-state index contributed by atoms with van der Waals surface area (Å²) in [7, 11) is 0. The van der Waals surface area contributed by atoms with Gasteiger partial charge in [-0.1, -0.05) is 24.2 Å².